The average molecular weight is 323 g/mol. The Hall–Kier alpha value is -0.910. The summed E-state index contributed by atoms with van der Waals surface area (Å²) in [5, 5.41) is 5.71. The maximum Gasteiger partial charge on any atom is 0.136 e. The Morgan fingerprint density at radius 1 is 1.42 bits per heavy atom. The van der Waals surface area contributed by atoms with Crippen molar-refractivity contribution in [3.8, 4) is 0 Å². The molecular formula is C14H19BrN4. The van der Waals surface area contributed by atoms with Gasteiger partial charge in [-0.25, -0.2) is 0 Å². The fourth-order valence-corrected chi connectivity index (χ4v) is 3.88. The lowest BCUT2D eigenvalue weighted by molar-refractivity contribution is 0.315. The molecule has 19 heavy (non-hydrogen) atoms. The molecule has 2 N–H and O–H groups in total. The molecule has 2 atom stereocenters. The number of hydrogen-bond donors (Lipinski definition) is 1. The lowest BCUT2D eigenvalue weighted by atomic mass is 9.97. The lowest BCUT2D eigenvalue weighted by Crippen LogP contribution is -2.20. The van der Waals surface area contributed by atoms with Gasteiger partial charge in [-0.15, -0.1) is 0 Å². The topological polar surface area (TPSA) is 47.1 Å². The summed E-state index contributed by atoms with van der Waals surface area (Å²) in [6, 6.07) is 6.90. The van der Waals surface area contributed by atoms with Crippen LogP contribution in [-0.2, 0) is 7.05 Å². The van der Waals surface area contributed by atoms with E-state index in [2.05, 4.69) is 51.2 Å². The SMILES string of the molecule is CN1CC(CN)CC1c1cccc2c1c(Br)nn2C. The molecule has 5 heteroatoms. The van der Waals surface area contributed by atoms with Crippen molar-refractivity contribution < 1.29 is 0 Å². The number of likely N-dealkylation sites (tertiary alicyclic amines) is 1. The standard InChI is InChI=1S/C14H19BrN4/c1-18-8-9(7-16)6-12(18)10-4-3-5-11-13(10)14(15)17-19(11)2/h3-5,9,12H,6-8,16H2,1-2H3. The van der Waals surface area contributed by atoms with Gasteiger partial charge >= 0.3 is 0 Å². The third kappa shape index (κ3) is 2.10. The first-order valence-corrected chi connectivity index (χ1v) is 7.42. The van der Waals surface area contributed by atoms with Crippen LogP contribution in [0.3, 0.4) is 0 Å². The van der Waals surface area contributed by atoms with Gasteiger partial charge in [-0.2, -0.15) is 5.10 Å². The van der Waals surface area contributed by atoms with Gasteiger partial charge in [-0.05, 0) is 53.5 Å². The van der Waals surface area contributed by atoms with Crippen LogP contribution in [0.5, 0.6) is 0 Å². The van der Waals surface area contributed by atoms with Crippen LogP contribution in [0.25, 0.3) is 10.9 Å². The van der Waals surface area contributed by atoms with Crippen LogP contribution in [0.2, 0.25) is 0 Å². The predicted octanol–water partition coefficient (Wildman–Crippen LogP) is 2.29. The zero-order chi connectivity index (χ0) is 13.6. The second kappa shape index (κ2) is 4.89. The molecular weight excluding hydrogens is 304 g/mol. The number of nitrogens with zero attached hydrogens (tertiary/aromatic N) is 3. The van der Waals surface area contributed by atoms with Gasteiger partial charge < -0.3 is 5.73 Å². The Balaban J connectivity index is 2.10. The fraction of sp³-hybridized carbons (Fsp3) is 0.500. The molecule has 1 saturated heterocycles. The smallest absolute Gasteiger partial charge is 0.136 e. The molecule has 3 rings (SSSR count). The van der Waals surface area contributed by atoms with E-state index in [9.17, 15) is 0 Å². The number of fused-ring (bicyclic) bond motifs is 1. The third-order valence-corrected chi connectivity index (χ3v) is 4.75. The summed E-state index contributed by atoms with van der Waals surface area (Å²) in [5.41, 5.74) is 8.36. The molecule has 1 aliphatic heterocycles. The van der Waals surface area contributed by atoms with Crippen LogP contribution < -0.4 is 5.73 Å². The summed E-state index contributed by atoms with van der Waals surface area (Å²) in [7, 11) is 4.17. The number of aryl methyl sites for hydroxylation is 1. The lowest BCUT2D eigenvalue weighted by Gasteiger charge is -2.20. The second-order valence-corrected chi connectivity index (χ2v) is 6.20. The Labute approximate surface area is 121 Å². The molecule has 0 saturated carbocycles. The number of benzene rings is 1. The summed E-state index contributed by atoms with van der Waals surface area (Å²) in [5.74, 6) is 0.598. The van der Waals surface area contributed by atoms with E-state index in [1.54, 1.807) is 0 Å². The maximum absolute atomic E-state index is 5.83. The Morgan fingerprint density at radius 3 is 2.89 bits per heavy atom. The fourth-order valence-electron chi connectivity index (χ4n) is 3.21. The number of nitrogens with two attached hydrogens (primary N) is 1. The summed E-state index contributed by atoms with van der Waals surface area (Å²) >= 11 is 3.59. The van der Waals surface area contributed by atoms with Crippen molar-refractivity contribution in [2.24, 2.45) is 18.7 Å². The molecule has 0 radical (unpaired) electrons. The number of hydrogen-bond acceptors (Lipinski definition) is 3. The minimum Gasteiger partial charge on any atom is -0.330 e. The molecule has 1 aromatic carbocycles. The first-order valence-electron chi connectivity index (χ1n) is 6.63. The number of rotatable bonds is 2. The summed E-state index contributed by atoms with van der Waals surface area (Å²) < 4.78 is 2.86. The van der Waals surface area contributed by atoms with Gasteiger partial charge in [0, 0.05) is 25.0 Å². The van der Waals surface area contributed by atoms with Gasteiger partial charge in [0.1, 0.15) is 4.60 Å². The van der Waals surface area contributed by atoms with Crippen molar-refractivity contribution in [3.63, 3.8) is 0 Å². The van der Waals surface area contributed by atoms with Gasteiger partial charge in [0.25, 0.3) is 0 Å². The zero-order valence-corrected chi connectivity index (χ0v) is 12.9. The van der Waals surface area contributed by atoms with Crippen molar-refractivity contribution in [3.05, 3.63) is 28.4 Å². The van der Waals surface area contributed by atoms with Crippen LogP contribution in [0.1, 0.15) is 18.0 Å². The summed E-state index contributed by atoms with van der Waals surface area (Å²) in [4.78, 5) is 2.41. The highest BCUT2D eigenvalue weighted by Crippen LogP contribution is 2.39. The van der Waals surface area contributed by atoms with Gasteiger partial charge in [0.05, 0.1) is 5.52 Å². The molecule has 0 amide bonds. The molecule has 4 nitrogen and oxygen atoms in total. The van der Waals surface area contributed by atoms with Crippen molar-refractivity contribution in [1.29, 1.82) is 0 Å². The molecule has 1 aromatic heterocycles. The molecule has 2 unspecified atom stereocenters. The van der Waals surface area contributed by atoms with Crippen LogP contribution in [0.4, 0.5) is 0 Å². The highest BCUT2D eigenvalue weighted by Gasteiger charge is 2.31. The van der Waals surface area contributed by atoms with Crippen molar-refractivity contribution >= 4 is 26.8 Å². The minimum absolute atomic E-state index is 0.442. The zero-order valence-electron chi connectivity index (χ0n) is 11.3. The monoisotopic (exact) mass is 322 g/mol. The highest BCUT2D eigenvalue weighted by atomic mass is 79.9. The van der Waals surface area contributed by atoms with E-state index in [0.717, 1.165) is 24.1 Å². The summed E-state index contributed by atoms with van der Waals surface area (Å²) in [6.45, 7) is 1.85. The van der Waals surface area contributed by atoms with Crippen LogP contribution in [0.15, 0.2) is 22.8 Å². The van der Waals surface area contributed by atoms with Gasteiger partial charge in [0.2, 0.25) is 0 Å². The van der Waals surface area contributed by atoms with E-state index >= 15 is 0 Å². The largest absolute Gasteiger partial charge is 0.330 e. The molecule has 0 spiro atoms. The van der Waals surface area contributed by atoms with E-state index in [1.165, 1.54) is 16.5 Å². The normalized spacial score (nSPS) is 24.4. The Morgan fingerprint density at radius 2 is 2.21 bits per heavy atom. The molecule has 0 aliphatic carbocycles. The van der Waals surface area contributed by atoms with Gasteiger partial charge in [0.15, 0.2) is 0 Å². The number of aromatic nitrogens is 2. The summed E-state index contributed by atoms with van der Waals surface area (Å²) in [6.07, 6.45) is 1.13. The Bertz CT molecular complexity index is 607. The second-order valence-electron chi connectivity index (χ2n) is 5.45. The molecule has 1 aliphatic rings. The first-order chi connectivity index (χ1) is 9.11. The molecule has 1 fully saturated rings. The molecule has 2 aromatic rings. The molecule has 102 valence electrons. The van der Waals surface area contributed by atoms with Crippen molar-refractivity contribution in [1.82, 2.24) is 14.7 Å². The van der Waals surface area contributed by atoms with Gasteiger partial charge in [-0.3, -0.25) is 9.58 Å². The number of halogens is 1. The van der Waals surface area contributed by atoms with E-state index in [1.807, 2.05) is 11.7 Å². The van der Waals surface area contributed by atoms with Crippen LogP contribution >= 0.6 is 15.9 Å². The van der Waals surface area contributed by atoms with Crippen molar-refractivity contribution in [2.75, 3.05) is 20.1 Å². The third-order valence-electron chi connectivity index (χ3n) is 4.19. The van der Waals surface area contributed by atoms with Gasteiger partial charge in [-0.1, -0.05) is 12.1 Å². The first kappa shape index (κ1) is 13.1. The van der Waals surface area contributed by atoms with E-state index < -0.39 is 0 Å². The Kier molecular flexibility index (Phi) is 3.37. The van der Waals surface area contributed by atoms with E-state index in [4.69, 9.17) is 5.73 Å². The molecule has 2 heterocycles. The minimum atomic E-state index is 0.442. The van der Waals surface area contributed by atoms with Crippen LogP contribution in [0, 0.1) is 5.92 Å². The van der Waals surface area contributed by atoms with E-state index in [-0.39, 0.29) is 0 Å². The van der Waals surface area contributed by atoms with Crippen LogP contribution in [-0.4, -0.2) is 34.8 Å². The predicted molar refractivity (Wildman–Crippen MR) is 80.9 cm³/mol. The van der Waals surface area contributed by atoms with E-state index in [0.29, 0.717) is 12.0 Å². The molecule has 0 bridgehead atoms. The highest BCUT2D eigenvalue weighted by molar-refractivity contribution is 9.10. The average Bonchev–Trinajstić information content (AvgIpc) is 2.91. The quantitative estimate of drug-likeness (QED) is 0.922. The maximum atomic E-state index is 5.83. The van der Waals surface area contributed by atoms with Crippen molar-refractivity contribution in [2.45, 2.75) is 12.5 Å².